The van der Waals surface area contributed by atoms with Crippen LogP contribution in [0.3, 0.4) is 0 Å². The summed E-state index contributed by atoms with van der Waals surface area (Å²) in [5.74, 6) is -0.441. The second-order valence-corrected chi connectivity index (χ2v) is 7.05. The molecule has 3 nitrogen and oxygen atoms in total. The average molecular weight is 341 g/mol. The molecule has 23 heavy (non-hydrogen) atoms. The maximum atomic E-state index is 12.9. The number of hydrogen-bond donors (Lipinski definition) is 0. The first-order chi connectivity index (χ1) is 10.4. The van der Waals surface area contributed by atoms with Crippen LogP contribution in [0, 0.1) is 0 Å². The fourth-order valence-corrected chi connectivity index (χ4v) is 2.72. The maximum Gasteiger partial charge on any atom is 1.00 e. The van der Waals surface area contributed by atoms with Gasteiger partial charge in [-0.1, -0.05) is 25.0 Å². The van der Waals surface area contributed by atoms with Crippen LogP contribution in [0.15, 0.2) is 36.1 Å². The Labute approximate surface area is 180 Å². The van der Waals surface area contributed by atoms with Crippen molar-refractivity contribution in [3.05, 3.63) is 47.2 Å². The monoisotopic (exact) mass is 341 g/mol. The molecule has 0 spiro atoms. The van der Waals surface area contributed by atoms with Crippen molar-refractivity contribution in [2.45, 2.75) is 39.7 Å². The van der Waals surface area contributed by atoms with Crippen LogP contribution in [0.4, 0.5) is 4.39 Å². The van der Waals surface area contributed by atoms with Gasteiger partial charge in [-0.05, 0) is 18.6 Å². The molecule has 0 saturated heterocycles. The second-order valence-electron chi connectivity index (χ2n) is 7.05. The molecule has 0 atom stereocenters. The number of amides is 2. The SMILES string of the molecule is C[B-](C)(C)/C(=C\F)CCCCN1C(=O)c2ccccc2C1=O.[K+]. The summed E-state index contributed by atoms with van der Waals surface area (Å²) in [7, 11) is 0. The fraction of sp³-hybridized carbons (Fsp3) is 0.412. The summed E-state index contributed by atoms with van der Waals surface area (Å²) in [5.41, 5.74) is 1.78. The molecule has 0 aliphatic carbocycles. The standard InChI is InChI=1S/C17H22BFNO2.K/c1-18(2,3)13(12-19)8-6-7-11-20-16(21)14-9-4-5-10-15(14)17(20)22;/h4-5,9-10,12H,6-8,11H2,1-3H3;/q-1;+1/b13-12-;. The molecule has 0 N–H and O–H groups in total. The molecule has 2 amide bonds. The smallest absolute Gasteiger partial charge is 0.274 e. The molecule has 6 heteroatoms. The van der Waals surface area contributed by atoms with Crippen molar-refractivity contribution >= 4 is 18.0 Å². The summed E-state index contributed by atoms with van der Waals surface area (Å²) in [6.45, 7) is 6.50. The molecular formula is C17H22BFKNO2. The van der Waals surface area contributed by atoms with Crippen molar-refractivity contribution in [2.75, 3.05) is 6.54 Å². The van der Waals surface area contributed by atoms with E-state index in [0.717, 1.165) is 11.9 Å². The summed E-state index contributed by atoms with van der Waals surface area (Å²) < 4.78 is 12.9. The molecule has 1 aliphatic rings. The van der Waals surface area contributed by atoms with Crippen LogP contribution in [0.1, 0.15) is 40.0 Å². The van der Waals surface area contributed by atoms with E-state index in [1.165, 1.54) is 4.90 Å². The molecule has 118 valence electrons. The third-order valence-corrected chi connectivity index (χ3v) is 4.23. The van der Waals surface area contributed by atoms with Gasteiger partial charge in [-0.15, -0.1) is 0 Å². The first kappa shape index (κ1) is 20.8. The van der Waals surface area contributed by atoms with Gasteiger partial charge in [0.05, 0.1) is 11.1 Å². The van der Waals surface area contributed by atoms with Crippen LogP contribution in [-0.2, 0) is 0 Å². The van der Waals surface area contributed by atoms with E-state index in [1.54, 1.807) is 24.3 Å². The molecule has 1 aromatic carbocycles. The van der Waals surface area contributed by atoms with E-state index in [2.05, 4.69) is 0 Å². The summed E-state index contributed by atoms with van der Waals surface area (Å²) in [6.07, 6.45) is 2.01. The Morgan fingerprint density at radius 3 is 2.04 bits per heavy atom. The predicted molar refractivity (Wildman–Crippen MR) is 88.2 cm³/mol. The number of allylic oxidation sites excluding steroid dienone is 1. The van der Waals surface area contributed by atoms with E-state index < -0.39 is 6.15 Å². The number of carbonyl (C=O) groups is 2. The Morgan fingerprint density at radius 2 is 1.61 bits per heavy atom. The van der Waals surface area contributed by atoms with Crippen molar-refractivity contribution < 1.29 is 65.4 Å². The molecule has 1 aliphatic heterocycles. The Morgan fingerprint density at radius 1 is 1.09 bits per heavy atom. The Bertz CT molecular complexity index is 590. The Balaban J connectivity index is 0.00000264. The van der Waals surface area contributed by atoms with Gasteiger partial charge < -0.3 is 0 Å². The first-order valence-corrected chi connectivity index (χ1v) is 7.88. The molecule has 1 heterocycles. The van der Waals surface area contributed by atoms with Gasteiger partial charge in [0.2, 0.25) is 0 Å². The summed E-state index contributed by atoms with van der Waals surface area (Å²) in [6, 6.07) is 6.89. The minimum Gasteiger partial charge on any atom is -0.274 e. The first-order valence-electron chi connectivity index (χ1n) is 7.88. The minimum absolute atomic E-state index is 0. The molecular weight excluding hydrogens is 319 g/mol. The third-order valence-electron chi connectivity index (χ3n) is 4.23. The number of hydrogen-bond acceptors (Lipinski definition) is 2. The largest absolute Gasteiger partial charge is 1.00 e. The van der Waals surface area contributed by atoms with Crippen molar-refractivity contribution in [2.24, 2.45) is 0 Å². The zero-order valence-corrected chi connectivity index (χ0v) is 17.6. The zero-order chi connectivity index (χ0) is 16.3. The van der Waals surface area contributed by atoms with Crippen molar-refractivity contribution in [1.29, 1.82) is 0 Å². The number of benzene rings is 1. The van der Waals surface area contributed by atoms with E-state index in [0.29, 0.717) is 36.8 Å². The normalized spacial score (nSPS) is 14.8. The van der Waals surface area contributed by atoms with Gasteiger partial charge in [0, 0.05) is 19.0 Å². The number of rotatable bonds is 6. The zero-order valence-electron chi connectivity index (χ0n) is 14.4. The minimum atomic E-state index is -0.828. The van der Waals surface area contributed by atoms with Gasteiger partial charge in [-0.3, -0.25) is 14.5 Å². The summed E-state index contributed by atoms with van der Waals surface area (Å²) in [5, 5.41) is 0. The molecule has 0 fully saturated rings. The number of imide groups is 1. The molecule has 0 radical (unpaired) electrons. The van der Waals surface area contributed by atoms with E-state index in [1.807, 2.05) is 20.5 Å². The topological polar surface area (TPSA) is 37.4 Å². The number of unbranched alkanes of at least 4 members (excludes halogenated alkanes) is 1. The maximum absolute atomic E-state index is 12.9. The molecule has 1 aromatic rings. The van der Waals surface area contributed by atoms with Gasteiger partial charge >= 0.3 is 51.4 Å². The number of fused-ring (bicyclic) bond motifs is 1. The van der Waals surface area contributed by atoms with Gasteiger partial charge in [-0.2, -0.15) is 20.5 Å². The van der Waals surface area contributed by atoms with Crippen LogP contribution in [0.2, 0.25) is 20.5 Å². The van der Waals surface area contributed by atoms with E-state index >= 15 is 0 Å². The van der Waals surface area contributed by atoms with Crippen molar-refractivity contribution in [3.8, 4) is 0 Å². The number of halogens is 1. The average Bonchev–Trinajstić information content (AvgIpc) is 2.71. The Kier molecular flexibility index (Phi) is 7.87. The van der Waals surface area contributed by atoms with Crippen LogP contribution >= 0.6 is 0 Å². The molecule has 0 unspecified atom stereocenters. The summed E-state index contributed by atoms with van der Waals surface area (Å²) in [4.78, 5) is 25.7. The number of nitrogens with zero attached hydrogens (tertiary/aromatic N) is 1. The molecule has 0 aromatic heterocycles. The third kappa shape index (κ3) is 4.86. The van der Waals surface area contributed by atoms with Gasteiger partial charge in [-0.25, -0.2) is 9.86 Å². The van der Waals surface area contributed by atoms with Gasteiger partial charge in [0.25, 0.3) is 11.8 Å². The van der Waals surface area contributed by atoms with Crippen LogP contribution in [0.5, 0.6) is 0 Å². The predicted octanol–water partition coefficient (Wildman–Crippen LogP) is 1.19. The van der Waals surface area contributed by atoms with E-state index in [9.17, 15) is 14.0 Å². The molecule has 0 bridgehead atoms. The fourth-order valence-electron chi connectivity index (χ4n) is 2.72. The Hall–Kier alpha value is -0.269. The van der Waals surface area contributed by atoms with E-state index in [4.69, 9.17) is 0 Å². The second kappa shape index (κ2) is 8.72. The van der Waals surface area contributed by atoms with Crippen LogP contribution in [0.25, 0.3) is 0 Å². The molecule has 2 rings (SSSR count). The van der Waals surface area contributed by atoms with Crippen molar-refractivity contribution in [3.63, 3.8) is 0 Å². The van der Waals surface area contributed by atoms with E-state index in [-0.39, 0.29) is 63.2 Å². The van der Waals surface area contributed by atoms with Crippen molar-refractivity contribution in [1.82, 2.24) is 4.90 Å². The van der Waals surface area contributed by atoms with Crippen LogP contribution < -0.4 is 51.4 Å². The quantitative estimate of drug-likeness (QED) is 0.443. The van der Waals surface area contributed by atoms with Crippen LogP contribution in [-0.4, -0.2) is 29.4 Å². The molecule has 0 saturated carbocycles. The van der Waals surface area contributed by atoms with Gasteiger partial charge in [0.1, 0.15) is 0 Å². The number of carbonyl (C=O) groups excluding carboxylic acids is 2. The summed E-state index contributed by atoms with van der Waals surface area (Å²) >= 11 is 0. The van der Waals surface area contributed by atoms with Gasteiger partial charge in [0.15, 0.2) is 0 Å².